The number of pyridine rings is 1. The maximum absolute atomic E-state index is 6.52. The van der Waals surface area contributed by atoms with E-state index in [1.165, 1.54) is 36.1 Å². The second-order valence-corrected chi connectivity index (χ2v) is 7.12. The van der Waals surface area contributed by atoms with Crippen molar-refractivity contribution in [3.05, 3.63) is 40.1 Å². The van der Waals surface area contributed by atoms with Crippen LogP contribution >= 0.6 is 22.9 Å². The van der Waals surface area contributed by atoms with Crippen molar-refractivity contribution in [2.75, 3.05) is 0 Å². The molecule has 0 spiro atoms. The molecule has 1 aliphatic rings. The SMILES string of the molecule is Clc1nc(-c2cccnc2)nc2sc3c(c12)CCCCCC3. The number of halogens is 1. The van der Waals surface area contributed by atoms with Gasteiger partial charge in [-0.3, -0.25) is 4.98 Å². The van der Waals surface area contributed by atoms with Crippen molar-refractivity contribution >= 4 is 33.2 Å². The molecule has 3 aromatic heterocycles. The number of fused-ring (bicyclic) bond motifs is 3. The minimum absolute atomic E-state index is 0.585. The molecule has 3 aromatic rings. The molecule has 4 rings (SSSR count). The van der Waals surface area contributed by atoms with E-state index in [0.717, 1.165) is 28.6 Å². The third kappa shape index (κ3) is 2.50. The normalized spacial score (nSPS) is 15.3. The van der Waals surface area contributed by atoms with Gasteiger partial charge in [-0.15, -0.1) is 11.3 Å². The van der Waals surface area contributed by atoms with Gasteiger partial charge in [-0.1, -0.05) is 24.4 Å². The number of hydrogen-bond acceptors (Lipinski definition) is 4. The molecular formula is C17H16ClN3S. The van der Waals surface area contributed by atoms with E-state index in [1.54, 1.807) is 23.7 Å². The van der Waals surface area contributed by atoms with Crippen LogP contribution in [-0.4, -0.2) is 15.0 Å². The number of nitrogens with zero attached hydrogens (tertiary/aromatic N) is 3. The van der Waals surface area contributed by atoms with Gasteiger partial charge < -0.3 is 0 Å². The van der Waals surface area contributed by atoms with Gasteiger partial charge in [0.25, 0.3) is 0 Å². The molecule has 0 atom stereocenters. The largest absolute Gasteiger partial charge is 0.264 e. The minimum atomic E-state index is 0.585. The maximum atomic E-state index is 6.52. The summed E-state index contributed by atoms with van der Waals surface area (Å²) in [6.45, 7) is 0. The topological polar surface area (TPSA) is 38.7 Å². The Kier molecular flexibility index (Phi) is 3.80. The lowest BCUT2D eigenvalue weighted by atomic mass is 9.98. The van der Waals surface area contributed by atoms with Crippen molar-refractivity contribution in [3.63, 3.8) is 0 Å². The molecule has 0 N–H and O–H groups in total. The lowest BCUT2D eigenvalue weighted by Gasteiger charge is -2.09. The second-order valence-electron chi connectivity index (χ2n) is 5.68. The monoisotopic (exact) mass is 329 g/mol. The van der Waals surface area contributed by atoms with Crippen LogP contribution in [0.15, 0.2) is 24.5 Å². The van der Waals surface area contributed by atoms with Gasteiger partial charge in [0.1, 0.15) is 9.98 Å². The van der Waals surface area contributed by atoms with E-state index in [0.29, 0.717) is 11.0 Å². The lowest BCUT2D eigenvalue weighted by molar-refractivity contribution is 0.624. The van der Waals surface area contributed by atoms with E-state index in [4.69, 9.17) is 16.6 Å². The van der Waals surface area contributed by atoms with E-state index in [-0.39, 0.29) is 0 Å². The summed E-state index contributed by atoms with van der Waals surface area (Å²) in [5.74, 6) is 0.667. The van der Waals surface area contributed by atoms with Crippen LogP contribution in [0.1, 0.15) is 36.1 Å². The smallest absolute Gasteiger partial charge is 0.164 e. The average Bonchev–Trinajstić information content (AvgIpc) is 2.85. The molecule has 3 nitrogen and oxygen atoms in total. The molecule has 3 heterocycles. The molecule has 5 heteroatoms. The molecule has 0 fully saturated rings. The van der Waals surface area contributed by atoms with E-state index in [2.05, 4.69) is 9.97 Å². The van der Waals surface area contributed by atoms with Crippen molar-refractivity contribution in [2.24, 2.45) is 0 Å². The van der Waals surface area contributed by atoms with E-state index in [1.807, 2.05) is 12.1 Å². The van der Waals surface area contributed by atoms with Crippen LogP contribution in [0, 0.1) is 0 Å². The van der Waals surface area contributed by atoms with Gasteiger partial charge in [-0.05, 0) is 43.4 Å². The third-order valence-electron chi connectivity index (χ3n) is 4.19. The molecule has 0 bridgehead atoms. The van der Waals surface area contributed by atoms with Crippen LogP contribution in [0.5, 0.6) is 0 Å². The Labute approximate surface area is 138 Å². The summed E-state index contributed by atoms with van der Waals surface area (Å²) in [5.41, 5.74) is 2.30. The van der Waals surface area contributed by atoms with E-state index in [9.17, 15) is 0 Å². The standard InChI is InChI=1S/C17H16ClN3S/c18-15-14-12-7-3-1-2-4-8-13(12)22-17(14)21-16(20-15)11-6-5-9-19-10-11/h5-6,9-10H,1-4,7-8H2. The Morgan fingerprint density at radius 1 is 1.05 bits per heavy atom. The van der Waals surface area contributed by atoms with Crippen molar-refractivity contribution in [3.8, 4) is 11.4 Å². The van der Waals surface area contributed by atoms with Crippen LogP contribution in [-0.2, 0) is 12.8 Å². The van der Waals surface area contributed by atoms with Gasteiger partial charge in [0.15, 0.2) is 5.82 Å². The minimum Gasteiger partial charge on any atom is -0.264 e. The summed E-state index contributed by atoms with van der Waals surface area (Å²) >= 11 is 8.31. The molecule has 0 radical (unpaired) electrons. The first-order valence-corrected chi connectivity index (χ1v) is 8.90. The Morgan fingerprint density at radius 3 is 2.73 bits per heavy atom. The lowest BCUT2D eigenvalue weighted by Crippen LogP contribution is -1.97. The molecule has 0 amide bonds. The van der Waals surface area contributed by atoms with Crippen LogP contribution in [0.3, 0.4) is 0 Å². The number of thiophene rings is 1. The first-order valence-electron chi connectivity index (χ1n) is 7.71. The summed E-state index contributed by atoms with van der Waals surface area (Å²) in [4.78, 5) is 15.9. The average molecular weight is 330 g/mol. The molecule has 0 saturated heterocycles. The third-order valence-corrected chi connectivity index (χ3v) is 5.65. The summed E-state index contributed by atoms with van der Waals surface area (Å²) in [6, 6.07) is 3.86. The maximum Gasteiger partial charge on any atom is 0.164 e. The van der Waals surface area contributed by atoms with Crippen molar-refractivity contribution in [1.29, 1.82) is 0 Å². The highest BCUT2D eigenvalue weighted by Gasteiger charge is 2.19. The predicted octanol–water partition coefficient (Wildman–Crippen LogP) is 5.07. The first-order chi connectivity index (χ1) is 10.8. The molecule has 0 aromatic carbocycles. The van der Waals surface area contributed by atoms with Crippen LogP contribution in [0.25, 0.3) is 21.6 Å². The molecule has 0 aliphatic heterocycles. The zero-order valence-electron chi connectivity index (χ0n) is 12.2. The highest BCUT2D eigenvalue weighted by Crippen LogP contribution is 2.38. The fraction of sp³-hybridized carbons (Fsp3) is 0.353. The van der Waals surface area contributed by atoms with Gasteiger partial charge in [-0.25, -0.2) is 9.97 Å². The van der Waals surface area contributed by atoms with Crippen molar-refractivity contribution in [2.45, 2.75) is 38.5 Å². The predicted molar refractivity (Wildman–Crippen MR) is 91.5 cm³/mol. The zero-order valence-corrected chi connectivity index (χ0v) is 13.8. The molecular weight excluding hydrogens is 314 g/mol. The number of aryl methyl sites for hydroxylation is 2. The van der Waals surface area contributed by atoms with E-state index >= 15 is 0 Å². The molecule has 22 heavy (non-hydrogen) atoms. The van der Waals surface area contributed by atoms with Crippen LogP contribution in [0.4, 0.5) is 0 Å². The van der Waals surface area contributed by atoms with Gasteiger partial charge in [0.2, 0.25) is 0 Å². The quantitative estimate of drug-likeness (QED) is 0.585. The summed E-state index contributed by atoms with van der Waals surface area (Å²) in [6.07, 6.45) is 10.9. The van der Waals surface area contributed by atoms with Crippen molar-refractivity contribution < 1.29 is 0 Å². The fourth-order valence-corrected chi connectivity index (χ4v) is 4.69. The summed E-state index contributed by atoms with van der Waals surface area (Å²) in [5, 5.41) is 1.66. The van der Waals surface area contributed by atoms with Gasteiger partial charge in [-0.2, -0.15) is 0 Å². The summed E-state index contributed by atoms with van der Waals surface area (Å²) < 4.78 is 0. The van der Waals surface area contributed by atoms with Crippen LogP contribution in [0.2, 0.25) is 5.15 Å². The fourth-order valence-electron chi connectivity index (χ4n) is 3.09. The number of hydrogen-bond donors (Lipinski definition) is 0. The first kappa shape index (κ1) is 14.1. The molecule has 0 saturated carbocycles. The summed E-state index contributed by atoms with van der Waals surface area (Å²) in [7, 11) is 0. The zero-order chi connectivity index (χ0) is 14.9. The number of aromatic nitrogens is 3. The molecule has 112 valence electrons. The van der Waals surface area contributed by atoms with Gasteiger partial charge >= 0.3 is 0 Å². The Balaban J connectivity index is 1.88. The molecule has 0 unspecified atom stereocenters. The van der Waals surface area contributed by atoms with Crippen molar-refractivity contribution in [1.82, 2.24) is 15.0 Å². The van der Waals surface area contributed by atoms with Crippen LogP contribution < -0.4 is 0 Å². The number of rotatable bonds is 1. The van der Waals surface area contributed by atoms with Gasteiger partial charge in [0.05, 0.1) is 5.39 Å². The van der Waals surface area contributed by atoms with Gasteiger partial charge in [0, 0.05) is 22.8 Å². The second kappa shape index (κ2) is 5.94. The Bertz CT molecular complexity index is 814. The van der Waals surface area contributed by atoms with E-state index < -0.39 is 0 Å². The Morgan fingerprint density at radius 2 is 1.91 bits per heavy atom. The highest BCUT2D eigenvalue weighted by molar-refractivity contribution is 7.19. The Hall–Kier alpha value is -1.52. The highest BCUT2D eigenvalue weighted by atomic mass is 35.5. The molecule has 1 aliphatic carbocycles.